The molecule has 0 aromatic heterocycles. The van der Waals surface area contributed by atoms with E-state index in [1.54, 1.807) is 0 Å². The van der Waals surface area contributed by atoms with E-state index in [1.807, 2.05) is 4.90 Å². The maximum atomic E-state index is 12.9. The average Bonchev–Trinajstić information content (AvgIpc) is 2.49. The third-order valence-corrected chi connectivity index (χ3v) is 5.05. The summed E-state index contributed by atoms with van der Waals surface area (Å²) in [5, 5.41) is 0. The van der Waals surface area contributed by atoms with Crippen LogP contribution < -0.4 is 5.73 Å². The molecule has 0 unspecified atom stereocenters. The maximum Gasteiger partial charge on any atom is 0.230 e. The summed E-state index contributed by atoms with van der Waals surface area (Å²) in [5.74, 6) is 3.69. The first-order valence-corrected chi connectivity index (χ1v) is 7.76. The van der Waals surface area contributed by atoms with E-state index < -0.39 is 0 Å². The van der Waals surface area contributed by atoms with E-state index >= 15 is 0 Å². The standard InChI is InChI=1S/C16H27N3O/c1-3-8-18-9-11-19(12-10-18)15(20)16(13-17)6-4-14(2)5-7-16/h1,14H,4-13,17H2,2H3. The fraction of sp³-hybridized carbons (Fsp3) is 0.812. The Hall–Kier alpha value is -1.05. The third-order valence-electron chi connectivity index (χ3n) is 5.05. The second kappa shape index (κ2) is 6.60. The molecule has 4 nitrogen and oxygen atoms in total. The molecule has 1 saturated carbocycles. The fourth-order valence-electron chi connectivity index (χ4n) is 3.39. The van der Waals surface area contributed by atoms with Gasteiger partial charge in [0.25, 0.3) is 0 Å². The molecule has 0 spiro atoms. The second-order valence-corrected chi connectivity index (χ2v) is 6.44. The SMILES string of the molecule is C#CCN1CCN(C(=O)C2(CN)CCC(C)CC2)CC1. The smallest absolute Gasteiger partial charge is 0.230 e. The summed E-state index contributed by atoms with van der Waals surface area (Å²) in [6, 6.07) is 0. The molecule has 2 fully saturated rings. The van der Waals surface area contributed by atoms with Crippen LogP contribution in [0.5, 0.6) is 0 Å². The predicted molar refractivity (Wildman–Crippen MR) is 81.0 cm³/mol. The molecule has 4 heteroatoms. The number of amides is 1. The van der Waals surface area contributed by atoms with E-state index in [-0.39, 0.29) is 11.3 Å². The predicted octanol–water partition coefficient (Wildman–Crippen LogP) is 0.919. The lowest BCUT2D eigenvalue weighted by Gasteiger charge is -2.43. The van der Waals surface area contributed by atoms with Crippen molar-refractivity contribution in [1.82, 2.24) is 9.80 Å². The molecule has 1 saturated heterocycles. The molecule has 0 aromatic carbocycles. The Morgan fingerprint density at radius 2 is 1.90 bits per heavy atom. The monoisotopic (exact) mass is 277 g/mol. The van der Waals surface area contributed by atoms with Gasteiger partial charge in [-0.05, 0) is 31.6 Å². The summed E-state index contributed by atoms with van der Waals surface area (Å²) in [4.78, 5) is 17.1. The number of piperazine rings is 1. The number of nitrogens with zero attached hydrogens (tertiary/aromatic N) is 2. The van der Waals surface area contributed by atoms with Crippen molar-refractivity contribution in [2.75, 3.05) is 39.3 Å². The van der Waals surface area contributed by atoms with Gasteiger partial charge in [0, 0.05) is 32.7 Å². The third kappa shape index (κ3) is 3.16. The molecular weight excluding hydrogens is 250 g/mol. The van der Waals surface area contributed by atoms with Crippen LogP contribution in [0.25, 0.3) is 0 Å². The van der Waals surface area contributed by atoms with Crippen LogP contribution in [0.15, 0.2) is 0 Å². The van der Waals surface area contributed by atoms with Crippen molar-refractivity contribution < 1.29 is 4.79 Å². The second-order valence-electron chi connectivity index (χ2n) is 6.44. The van der Waals surface area contributed by atoms with Gasteiger partial charge in [0.1, 0.15) is 0 Å². The van der Waals surface area contributed by atoms with Gasteiger partial charge in [-0.2, -0.15) is 0 Å². The van der Waals surface area contributed by atoms with Crippen molar-refractivity contribution in [3.8, 4) is 12.3 Å². The highest BCUT2D eigenvalue weighted by Crippen LogP contribution is 2.39. The van der Waals surface area contributed by atoms with Crippen molar-refractivity contribution >= 4 is 5.91 Å². The average molecular weight is 277 g/mol. The normalized spacial score (nSPS) is 31.9. The highest BCUT2D eigenvalue weighted by molar-refractivity contribution is 5.83. The first-order chi connectivity index (χ1) is 9.61. The lowest BCUT2D eigenvalue weighted by atomic mass is 9.70. The number of rotatable bonds is 3. The van der Waals surface area contributed by atoms with Crippen molar-refractivity contribution in [3.63, 3.8) is 0 Å². The molecule has 20 heavy (non-hydrogen) atoms. The summed E-state index contributed by atoms with van der Waals surface area (Å²) < 4.78 is 0. The van der Waals surface area contributed by atoms with E-state index in [2.05, 4.69) is 17.7 Å². The summed E-state index contributed by atoms with van der Waals surface area (Å²) in [7, 11) is 0. The molecule has 0 bridgehead atoms. The molecular formula is C16H27N3O. The summed E-state index contributed by atoms with van der Waals surface area (Å²) in [6.07, 6.45) is 9.49. The zero-order valence-electron chi connectivity index (χ0n) is 12.6. The zero-order valence-corrected chi connectivity index (χ0v) is 12.6. The summed E-state index contributed by atoms with van der Waals surface area (Å²) in [5.41, 5.74) is 5.69. The van der Waals surface area contributed by atoms with Gasteiger partial charge in [-0.3, -0.25) is 9.69 Å². The van der Waals surface area contributed by atoms with Gasteiger partial charge in [-0.25, -0.2) is 0 Å². The van der Waals surface area contributed by atoms with Gasteiger partial charge in [0.2, 0.25) is 5.91 Å². The minimum absolute atomic E-state index is 0.284. The van der Waals surface area contributed by atoms with Crippen LogP contribution in [0.4, 0.5) is 0 Å². The lowest BCUT2D eigenvalue weighted by Crippen LogP contribution is -2.55. The van der Waals surface area contributed by atoms with E-state index in [0.717, 1.165) is 57.8 Å². The van der Waals surface area contributed by atoms with E-state index in [1.165, 1.54) is 0 Å². The van der Waals surface area contributed by atoms with Crippen LogP contribution in [0.2, 0.25) is 0 Å². The Morgan fingerprint density at radius 3 is 2.40 bits per heavy atom. The number of hydrogen-bond acceptors (Lipinski definition) is 3. The molecule has 112 valence electrons. The van der Waals surface area contributed by atoms with E-state index in [4.69, 9.17) is 12.2 Å². The van der Waals surface area contributed by atoms with Crippen LogP contribution in [-0.2, 0) is 4.79 Å². The molecule has 1 aliphatic heterocycles. The lowest BCUT2D eigenvalue weighted by molar-refractivity contribution is -0.145. The van der Waals surface area contributed by atoms with Gasteiger partial charge < -0.3 is 10.6 Å². The molecule has 1 amide bonds. The minimum Gasteiger partial charge on any atom is -0.340 e. The molecule has 0 aromatic rings. The Bertz CT molecular complexity index is 372. The fourth-order valence-corrected chi connectivity index (χ4v) is 3.39. The van der Waals surface area contributed by atoms with Gasteiger partial charge in [-0.15, -0.1) is 6.42 Å². The Morgan fingerprint density at radius 1 is 1.30 bits per heavy atom. The van der Waals surface area contributed by atoms with Crippen LogP contribution in [0.3, 0.4) is 0 Å². The minimum atomic E-state index is -0.291. The van der Waals surface area contributed by atoms with Crippen LogP contribution in [0.1, 0.15) is 32.6 Å². The molecule has 2 rings (SSSR count). The topological polar surface area (TPSA) is 49.6 Å². The van der Waals surface area contributed by atoms with Gasteiger partial charge in [-0.1, -0.05) is 12.8 Å². The highest BCUT2D eigenvalue weighted by Gasteiger charge is 2.42. The van der Waals surface area contributed by atoms with Crippen LogP contribution in [-0.4, -0.2) is 55.0 Å². The number of terminal acetylenes is 1. The molecule has 0 atom stereocenters. The first-order valence-electron chi connectivity index (χ1n) is 7.76. The van der Waals surface area contributed by atoms with Crippen LogP contribution >= 0.6 is 0 Å². The molecule has 1 heterocycles. The number of nitrogens with two attached hydrogens (primary N) is 1. The zero-order chi connectivity index (χ0) is 14.6. The van der Waals surface area contributed by atoms with Crippen LogP contribution in [0, 0.1) is 23.7 Å². The number of carbonyl (C=O) groups excluding carboxylic acids is 1. The molecule has 2 aliphatic rings. The summed E-state index contributed by atoms with van der Waals surface area (Å²) >= 11 is 0. The maximum absolute atomic E-state index is 12.9. The van der Waals surface area contributed by atoms with Gasteiger partial charge >= 0.3 is 0 Å². The first kappa shape index (κ1) is 15.3. The quantitative estimate of drug-likeness (QED) is 0.781. The van der Waals surface area contributed by atoms with Crippen molar-refractivity contribution in [2.24, 2.45) is 17.1 Å². The molecule has 2 N–H and O–H groups in total. The van der Waals surface area contributed by atoms with E-state index in [0.29, 0.717) is 13.1 Å². The van der Waals surface area contributed by atoms with Crippen molar-refractivity contribution in [2.45, 2.75) is 32.6 Å². The van der Waals surface area contributed by atoms with Gasteiger partial charge in [0.15, 0.2) is 0 Å². The largest absolute Gasteiger partial charge is 0.340 e. The Labute approximate surface area is 122 Å². The molecule has 1 aliphatic carbocycles. The van der Waals surface area contributed by atoms with E-state index in [9.17, 15) is 4.79 Å². The Balaban J connectivity index is 1.95. The molecule has 0 radical (unpaired) electrons. The number of carbonyl (C=O) groups is 1. The highest BCUT2D eigenvalue weighted by atomic mass is 16.2. The summed E-state index contributed by atoms with van der Waals surface area (Å²) in [6.45, 7) is 6.78. The Kier molecular flexibility index (Phi) is 5.06. The van der Waals surface area contributed by atoms with Gasteiger partial charge in [0.05, 0.1) is 12.0 Å². The van der Waals surface area contributed by atoms with Crippen molar-refractivity contribution in [1.29, 1.82) is 0 Å². The number of hydrogen-bond donors (Lipinski definition) is 1. The van der Waals surface area contributed by atoms with Crippen molar-refractivity contribution in [3.05, 3.63) is 0 Å².